The van der Waals surface area contributed by atoms with Crippen LogP contribution in [0.25, 0.3) is 0 Å². The Morgan fingerprint density at radius 1 is 1.10 bits per heavy atom. The summed E-state index contributed by atoms with van der Waals surface area (Å²) in [5, 5.41) is 2.94. The van der Waals surface area contributed by atoms with Crippen LogP contribution in [0.1, 0.15) is 60.3 Å². The molecule has 0 aromatic heterocycles. The van der Waals surface area contributed by atoms with Gasteiger partial charge in [-0.05, 0) is 51.4 Å². The molecule has 4 nitrogen and oxygen atoms in total. The van der Waals surface area contributed by atoms with Gasteiger partial charge in [-0.15, -0.1) is 0 Å². The van der Waals surface area contributed by atoms with Crippen LogP contribution < -0.4 is 5.32 Å². The van der Waals surface area contributed by atoms with Gasteiger partial charge in [0, 0.05) is 5.92 Å². The van der Waals surface area contributed by atoms with Crippen molar-refractivity contribution in [3.63, 3.8) is 0 Å². The monoisotopic (exact) mass is 295 g/mol. The molecule has 120 valence electrons. The van der Waals surface area contributed by atoms with Gasteiger partial charge in [0.2, 0.25) is 5.91 Å². The van der Waals surface area contributed by atoms with E-state index in [4.69, 9.17) is 4.74 Å². The van der Waals surface area contributed by atoms with Crippen LogP contribution in [0.15, 0.2) is 0 Å². The summed E-state index contributed by atoms with van der Waals surface area (Å²) in [4.78, 5) is 24.7. The molecule has 0 bridgehead atoms. The normalized spacial score (nSPS) is 29.5. The fourth-order valence-electron chi connectivity index (χ4n) is 3.49. The highest BCUT2D eigenvalue weighted by molar-refractivity contribution is 5.88. The van der Waals surface area contributed by atoms with Crippen LogP contribution in [-0.2, 0) is 14.3 Å². The van der Waals surface area contributed by atoms with Crippen LogP contribution in [-0.4, -0.2) is 23.5 Å². The highest BCUT2D eigenvalue weighted by atomic mass is 16.6. The molecule has 2 saturated carbocycles. The lowest BCUT2D eigenvalue weighted by atomic mass is 10.0. The van der Waals surface area contributed by atoms with E-state index in [1.165, 1.54) is 25.7 Å². The van der Waals surface area contributed by atoms with Gasteiger partial charge < -0.3 is 10.1 Å². The first kappa shape index (κ1) is 16.3. The predicted molar refractivity (Wildman–Crippen MR) is 81.6 cm³/mol. The lowest BCUT2D eigenvalue weighted by molar-refractivity contribution is -0.160. The highest BCUT2D eigenvalue weighted by Gasteiger charge is 2.55. The smallest absolute Gasteiger partial charge is 0.329 e. The first-order chi connectivity index (χ1) is 9.70. The maximum Gasteiger partial charge on any atom is 0.329 e. The molecule has 0 aromatic carbocycles. The number of esters is 1. The molecule has 2 aliphatic carbocycles. The number of nitrogens with one attached hydrogen (secondary N) is 1. The number of hydrogen-bond donors (Lipinski definition) is 1. The zero-order chi connectivity index (χ0) is 15.8. The third kappa shape index (κ3) is 3.98. The Morgan fingerprint density at radius 3 is 2.05 bits per heavy atom. The molecule has 0 saturated heterocycles. The van der Waals surface area contributed by atoms with E-state index in [-0.39, 0.29) is 23.7 Å². The van der Waals surface area contributed by atoms with Crippen LogP contribution in [0, 0.1) is 23.7 Å². The zero-order valence-corrected chi connectivity index (χ0v) is 13.9. The quantitative estimate of drug-likeness (QED) is 0.811. The first-order valence-corrected chi connectivity index (χ1v) is 8.24. The molecular formula is C17H29NO3. The number of amides is 1. The van der Waals surface area contributed by atoms with Crippen molar-refractivity contribution < 1.29 is 14.3 Å². The molecule has 2 unspecified atom stereocenters. The van der Waals surface area contributed by atoms with Crippen LogP contribution in [0.3, 0.4) is 0 Å². The first-order valence-electron chi connectivity index (χ1n) is 8.24. The van der Waals surface area contributed by atoms with E-state index in [1.54, 1.807) is 0 Å². The molecule has 1 N–H and O–H groups in total. The molecule has 4 heteroatoms. The van der Waals surface area contributed by atoms with Gasteiger partial charge in [0.15, 0.2) is 0 Å². The van der Waals surface area contributed by atoms with E-state index in [0.717, 1.165) is 0 Å². The molecule has 0 aliphatic heterocycles. The Labute approximate surface area is 128 Å². The number of ether oxygens (including phenoxy) is 1. The summed E-state index contributed by atoms with van der Waals surface area (Å²) < 4.78 is 5.43. The standard InChI is InChI=1S/C17H29NO3/c1-10(2)14(16(20)21-17(3,4)5)18-15(19)13-11-8-6-7-9-12(11)13/h10-14H,6-9H2,1-5H3,(H,18,19)/t11?,12?,13?,14-/m1/s1. The molecule has 1 amide bonds. The minimum Gasteiger partial charge on any atom is -0.458 e. The Bertz CT molecular complexity index is 399. The Hall–Kier alpha value is -1.06. The molecular weight excluding hydrogens is 266 g/mol. The van der Waals surface area contributed by atoms with Crippen molar-refractivity contribution >= 4 is 11.9 Å². The summed E-state index contributed by atoms with van der Waals surface area (Å²) in [7, 11) is 0. The molecule has 0 spiro atoms. The van der Waals surface area contributed by atoms with Gasteiger partial charge >= 0.3 is 5.97 Å². The third-order valence-electron chi connectivity index (χ3n) is 4.58. The van der Waals surface area contributed by atoms with Crippen LogP contribution in [0.5, 0.6) is 0 Å². The number of carbonyl (C=O) groups is 2. The largest absolute Gasteiger partial charge is 0.458 e. The maximum absolute atomic E-state index is 12.4. The van der Waals surface area contributed by atoms with E-state index >= 15 is 0 Å². The minimum atomic E-state index is -0.542. The van der Waals surface area contributed by atoms with Gasteiger partial charge in [0.25, 0.3) is 0 Å². The Balaban J connectivity index is 1.94. The molecule has 0 aromatic rings. The highest BCUT2D eigenvalue weighted by Crippen LogP contribution is 2.55. The Kier molecular flexibility index (Phi) is 4.64. The summed E-state index contributed by atoms with van der Waals surface area (Å²) in [6.07, 6.45) is 4.82. The van der Waals surface area contributed by atoms with Gasteiger partial charge in [-0.3, -0.25) is 4.79 Å². The van der Waals surface area contributed by atoms with E-state index in [1.807, 2.05) is 34.6 Å². The predicted octanol–water partition coefficient (Wildman–Crippen LogP) is 2.91. The van der Waals surface area contributed by atoms with Crippen molar-refractivity contribution in [3.8, 4) is 0 Å². The van der Waals surface area contributed by atoms with Crippen molar-refractivity contribution in [1.29, 1.82) is 0 Å². The van der Waals surface area contributed by atoms with Crippen molar-refractivity contribution in [2.24, 2.45) is 23.7 Å². The van der Waals surface area contributed by atoms with E-state index in [2.05, 4.69) is 5.32 Å². The minimum absolute atomic E-state index is 0.0320. The summed E-state index contributed by atoms with van der Waals surface area (Å²) >= 11 is 0. The lowest BCUT2D eigenvalue weighted by Crippen LogP contribution is -2.48. The summed E-state index contributed by atoms with van der Waals surface area (Å²) in [6.45, 7) is 9.42. The van der Waals surface area contributed by atoms with Crippen LogP contribution >= 0.6 is 0 Å². The van der Waals surface area contributed by atoms with Gasteiger partial charge in [-0.25, -0.2) is 4.79 Å². The van der Waals surface area contributed by atoms with Crippen LogP contribution in [0.2, 0.25) is 0 Å². The van der Waals surface area contributed by atoms with Gasteiger partial charge in [-0.2, -0.15) is 0 Å². The SMILES string of the molecule is CC(C)[C@@H](NC(=O)C1C2CCCCC21)C(=O)OC(C)(C)C. The van der Waals surface area contributed by atoms with Crippen LogP contribution in [0.4, 0.5) is 0 Å². The molecule has 2 aliphatic rings. The zero-order valence-electron chi connectivity index (χ0n) is 13.9. The average molecular weight is 295 g/mol. The second-order valence-corrected chi connectivity index (χ2v) is 7.90. The number of fused-ring (bicyclic) bond motifs is 1. The van der Waals surface area contributed by atoms with E-state index < -0.39 is 11.6 Å². The number of rotatable bonds is 4. The molecule has 0 heterocycles. The maximum atomic E-state index is 12.4. The van der Waals surface area contributed by atoms with Crippen molar-refractivity contribution in [3.05, 3.63) is 0 Å². The summed E-state index contributed by atoms with van der Waals surface area (Å²) in [5.41, 5.74) is -0.525. The van der Waals surface area contributed by atoms with Gasteiger partial charge in [-0.1, -0.05) is 26.7 Å². The third-order valence-corrected chi connectivity index (χ3v) is 4.58. The molecule has 2 fully saturated rings. The van der Waals surface area contributed by atoms with Gasteiger partial charge in [0.1, 0.15) is 11.6 Å². The Morgan fingerprint density at radius 2 is 1.62 bits per heavy atom. The molecule has 3 atom stereocenters. The average Bonchev–Trinajstić information content (AvgIpc) is 3.07. The summed E-state index contributed by atoms with van der Waals surface area (Å²) in [5.74, 6) is 1.02. The van der Waals surface area contributed by atoms with Gasteiger partial charge in [0.05, 0.1) is 0 Å². The topological polar surface area (TPSA) is 55.4 Å². The second kappa shape index (κ2) is 5.98. The molecule has 0 radical (unpaired) electrons. The van der Waals surface area contributed by atoms with Crippen molar-refractivity contribution in [2.75, 3.05) is 0 Å². The van der Waals surface area contributed by atoms with E-state index in [0.29, 0.717) is 11.8 Å². The van der Waals surface area contributed by atoms with E-state index in [9.17, 15) is 9.59 Å². The lowest BCUT2D eigenvalue weighted by Gasteiger charge is -2.26. The molecule has 21 heavy (non-hydrogen) atoms. The molecule has 2 rings (SSSR count). The van der Waals surface area contributed by atoms with Crippen molar-refractivity contribution in [1.82, 2.24) is 5.32 Å². The number of carbonyl (C=O) groups excluding carboxylic acids is 2. The number of hydrogen-bond acceptors (Lipinski definition) is 3. The fourth-order valence-corrected chi connectivity index (χ4v) is 3.49. The van der Waals surface area contributed by atoms with Crippen molar-refractivity contribution in [2.45, 2.75) is 71.9 Å². The fraction of sp³-hybridized carbons (Fsp3) is 0.882. The summed E-state index contributed by atoms with van der Waals surface area (Å²) in [6, 6.07) is -0.542. The second-order valence-electron chi connectivity index (χ2n) is 7.90.